The Morgan fingerprint density at radius 1 is 1.15 bits per heavy atom. The topological polar surface area (TPSA) is 74.5 Å². The van der Waals surface area contributed by atoms with Crippen LogP contribution in [0.4, 0.5) is 0 Å². The maximum atomic E-state index is 12.8. The van der Waals surface area contributed by atoms with Crippen molar-refractivity contribution in [1.29, 1.82) is 0 Å². The molecule has 0 amide bonds. The molecule has 2 aromatic carbocycles. The second-order valence-electron chi connectivity index (χ2n) is 5.67. The van der Waals surface area contributed by atoms with Gasteiger partial charge >= 0.3 is 0 Å². The van der Waals surface area contributed by atoms with Crippen molar-refractivity contribution in [2.24, 2.45) is 0 Å². The highest BCUT2D eigenvalue weighted by Crippen LogP contribution is 2.28. The van der Waals surface area contributed by atoms with Crippen LogP contribution in [-0.4, -0.2) is 9.59 Å². The first-order valence-corrected chi connectivity index (χ1v) is 9.17. The van der Waals surface area contributed by atoms with E-state index < -0.39 is 0 Å². The molecule has 0 aliphatic heterocycles. The molecule has 2 aromatic heterocycles. The first-order valence-electron chi connectivity index (χ1n) is 8.01. The number of hydrogen-bond donors (Lipinski definition) is 0. The lowest BCUT2D eigenvalue weighted by molar-refractivity contribution is 0.301. The molecule has 0 N–H and O–H groups in total. The summed E-state index contributed by atoms with van der Waals surface area (Å²) in [5.74, 6) is 1.66. The van der Waals surface area contributed by atoms with Gasteiger partial charge in [-0.2, -0.15) is 0 Å². The first kappa shape index (κ1) is 17.5. The molecule has 136 valence electrons. The third-order valence-electron chi connectivity index (χ3n) is 3.83. The van der Waals surface area contributed by atoms with Gasteiger partial charge in [-0.3, -0.25) is 4.79 Å². The van der Waals surface area contributed by atoms with Crippen molar-refractivity contribution in [2.75, 3.05) is 0 Å². The Bertz CT molecular complexity index is 1160. The second-order valence-corrected chi connectivity index (χ2v) is 7.03. The molecule has 0 aliphatic carbocycles. The maximum Gasteiger partial charge on any atom is 0.235 e. The molecule has 27 heavy (non-hydrogen) atoms. The van der Waals surface area contributed by atoms with E-state index in [4.69, 9.17) is 25.5 Å². The van der Waals surface area contributed by atoms with E-state index in [9.17, 15) is 4.79 Å². The number of nitrogens with zero attached hydrogens (tertiary/aromatic N) is 2. The minimum absolute atomic E-state index is 0.169. The zero-order valence-corrected chi connectivity index (χ0v) is 15.7. The molecule has 4 rings (SSSR count). The Labute approximate surface area is 163 Å². The Morgan fingerprint density at radius 3 is 2.70 bits per heavy atom. The summed E-state index contributed by atoms with van der Waals surface area (Å²) in [4.78, 5) is 12.8. The molecule has 8 heteroatoms. The number of aromatic nitrogens is 2. The minimum Gasteiger partial charge on any atom is -0.487 e. The number of halogens is 1. The van der Waals surface area contributed by atoms with E-state index in [1.54, 1.807) is 37.3 Å². The summed E-state index contributed by atoms with van der Waals surface area (Å²) in [7, 11) is 0. The van der Waals surface area contributed by atoms with Crippen molar-refractivity contribution < 1.29 is 13.9 Å². The summed E-state index contributed by atoms with van der Waals surface area (Å²) in [6.07, 6.45) is 0. The number of aryl methyl sites for hydroxylation is 1. The number of benzene rings is 2. The molecule has 0 saturated heterocycles. The standard InChI is InChI=1S/C19H13ClN2O4S/c1-11-18(26-12-5-3-2-4-6-12)17(23)14-8-7-13(9-16(14)25-11)24-10-15-19(20)27-22-21-15/h2-9H,10H2,1H3. The lowest BCUT2D eigenvalue weighted by Crippen LogP contribution is -2.07. The lowest BCUT2D eigenvalue weighted by atomic mass is 10.2. The molecule has 0 atom stereocenters. The highest BCUT2D eigenvalue weighted by molar-refractivity contribution is 7.10. The lowest BCUT2D eigenvalue weighted by Gasteiger charge is -2.10. The van der Waals surface area contributed by atoms with Crippen molar-refractivity contribution in [3.8, 4) is 17.2 Å². The van der Waals surface area contributed by atoms with E-state index in [1.807, 2.05) is 18.2 Å². The van der Waals surface area contributed by atoms with Gasteiger partial charge in [0.15, 0.2) is 0 Å². The van der Waals surface area contributed by atoms with Crippen LogP contribution in [0.3, 0.4) is 0 Å². The highest BCUT2D eigenvalue weighted by atomic mass is 35.5. The predicted octanol–water partition coefficient (Wildman–Crippen LogP) is 4.98. The van der Waals surface area contributed by atoms with Gasteiger partial charge in [0.1, 0.15) is 39.5 Å². The Morgan fingerprint density at radius 2 is 1.96 bits per heavy atom. The summed E-state index contributed by atoms with van der Waals surface area (Å²) in [5.41, 5.74) is 0.736. The maximum absolute atomic E-state index is 12.8. The van der Waals surface area contributed by atoms with Crippen LogP contribution in [0.25, 0.3) is 11.0 Å². The van der Waals surface area contributed by atoms with Gasteiger partial charge in [-0.1, -0.05) is 34.3 Å². The van der Waals surface area contributed by atoms with Gasteiger partial charge in [0, 0.05) is 17.6 Å². The Balaban J connectivity index is 1.64. The first-order chi connectivity index (χ1) is 13.1. The minimum atomic E-state index is -0.240. The summed E-state index contributed by atoms with van der Waals surface area (Å²) >= 11 is 7.07. The summed E-state index contributed by atoms with van der Waals surface area (Å²) < 4.78 is 21.4. The van der Waals surface area contributed by atoms with Crippen LogP contribution in [0.15, 0.2) is 57.7 Å². The van der Waals surface area contributed by atoms with Crippen LogP contribution >= 0.6 is 23.1 Å². The zero-order valence-electron chi connectivity index (χ0n) is 14.1. The average molecular weight is 401 g/mol. The Hall–Kier alpha value is -2.90. The molecule has 4 aromatic rings. The van der Waals surface area contributed by atoms with Crippen LogP contribution in [0.2, 0.25) is 4.34 Å². The Kier molecular flexibility index (Phi) is 4.79. The van der Waals surface area contributed by atoms with Gasteiger partial charge in [-0.15, -0.1) is 5.10 Å². The molecule has 6 nitrogen and oxygen atoms in total. The molecule has 0 bridgehead atoms. The summed E-state index contributed by atoms with van der Waals surface area (Å²) in [5, 5.41) is 4.30. The van der Waals surface area contributed by atoms with Crippen LogP contribution in [0, 0.1) is 6.92 Å². The summed E-state index contributed by atoms with van der Waals surface area (Å²) in [6.45, 7) is 1.87. The van der Waals surface area contributed by atoms with Crippen LogP contribution in [-0.2, 0) is 6.61 Å². The van der Waals surface area contributed by atoms with Gasteiger partial charge in [0.05, 0.1) is 5.39 Å². The smallest absolute Gasteiger partial charge is 0.235 e. The largest absolute Gasteiger partial charge is 0.487 e. The van der Waals surface area contributed by atoms with Crippen molar-refractivity contribution in [1.82, 2.24) is 9.59 Å². The molecule has 0 radical (unpaired) electrons. The van der Waals surface area contributed by atoms with Crippen LogP contribution in [0.1, 0.15) is 11.5 Å². The van der Waals surface area contributed by atoms with E-state index in [0.717, 1.165) is 11.5 Å². The van der Waals surface area contributed by atoms with Crippen molar-refractivity contribution in [2.45, 2.75) is 13.5 Å². The second kappa shape index (κ2) is 7.38. The fourth-order valence-corrected chi connectivity index (χ4v) is 3.12. The number of hydrogen-bond acceptors (Lipinski definition) is 7. The monoisotopic (exact) mass is 400 g/mol. The molecule has 0 fully saturated rings. The average Bonchev–Trinajstić information content (AvgIpc) is 3.09. The fraction of sp³-hybridized carbons (Fsp3) is 0.105. The summed E-state index contributed by atoms with van der Waals surface area (Å²) in [6, 6.07) is 14.1. The molecule has 0 aliphatic rings. The molecule has 0 unspecified atom stereocenters. The predicted molar refractivity (Wildman–Crippen MR) is 103 cm³/mol. The van der Waals surface area contributed by atoms with E-state index in [0.29, 0.717) is 38.3 Å². The van der Waals surface area contributed by atoms with Gasteiger partial charge < -0.3 is 13.9 Å². The van der Waals surface area contributed by atoms with Gasteiger partial charge in [0.2, 0.25) is 11.2 Å². The quantitative estimate of drug-likeness (QED) is 0.470. The van der Waals surface area contributed by atoms with Gasteiger partial charge in [-0.25, -0.2) is 0 Å². The molecular weight excluding hydrogens is 388 g/mol. The van der Waals surface area contributed by atoms with Crippen molar-refractivity contribution >= 4 is 34.1 Å². The van der Waals surface area contributed by atoms with Crippen molar-refractivity contribution in [3.05, 3.63) is 74.5 Å². The SMILES string of the molecule is Cc1oc2cc(OCc3nnsc3Cl)ccc2c(=O)c1Oc1ccccc1. The third kappa shape index (κ3) is 3.65. The number of rotatable bonds is 5. The molecule has 0 saturated carbocycles. The fourth-order valence-electron chi connectivity index (χ4n) is 2.52. The van der Waals surface area contributed by atoms with Gasteiger partial charge in [0.25, 0.3) is 0 Å². The molecular formula is C19H13ClN2O4S. The third-order valence-corrected chi connectivity index (χ3v) is 4.82. The molecule has 2 heterocycles. The highest BCUT2D eigenvalue weighted by Gasteiger charge is 2.15. The van der Waals surface area contributed by atoms with E-state index in [-0.39, 0.29) is 17.8 Å². The number of fused-ring (bicyclic) bond motifs is 1. The number of para-hydroxylation sites is 1. The van der Waals surface area contributed by atoms with Crippen LogP contribution in [0.5, 0.6) is 17.2 Å². The number of ether oxygens (including phenoxy) is 2. The van der Waals surface area contributed by atoms with E-state index in [1.165, 1.54) is 0 Å². The van der Waals surface area contributed by atoms with E-state index >= 15 is 0 Å². The van der Waals surface area contributed by atoms with Gasteiger partial charge in [-0.05, 0) is 31.2 Å². The van der Waals surface area contributed by atoms with Crippen molar-refractivity contribution in [3.63, 3.8) is 0 Å². The van der Waals surface area contributed by atoms with Crippen LogP contribution < -0.4 is 14.9 Å². The molecule has 0 spiro atoms. The zero-order chi connectivity index (χ0) is 18.8. The van der Waals surface area contributed by atoms with E-state index in [2.05, 4.69) is 9.59 Å². The normalized spacial score (nSPS) is 10.9.